The van der Waals surface area contributed by atoms with Gasteiger partial charge in [0.25, 0.3) is 5.91 Å². The summed E-state index contributed by atoms with van der Waals surface area (Å²) in [5.41, 5.74) is 0.639. The lowest BCUT2D eigenvalue weighted by Crippen LogP contribution is -2.50. The largest absolute Gasteiger partial charge is 0.378 e. The van der Waals surface area contributed by atoms with E-state index in [4.69, 9.17) is 0 Å². The number of carbonyl (C=O) groups is 1. The number of aliphatic hydroxyl groups excluding tert-OH is 1. The molecule has 1 N–H and O–H groups in total. The molecule has 0 spiro atoms. The lowest BCUT2D eigenvalue weighted by Gasteiger charge is -2.36. The lowest BCUT2D eigenvalue weighted by atomic mass is 10.1. The molecule has 1 fully saturated rings. The first-order chi connectivity index (χ1) is 10.8. The minimum Gasteiger partial charge on any atom is -0.378 e. The SMILES string of the molecule is O=C(C(O)c1ccccc1)N1CCN(c2ccccn2)CC1. The highest BCUT2D eigenvalue weighted by Crippen LogP contribution is 2.18. The zero-order valence-electron chi connectivity index (χ0n) is 12.3. The molecular formula is C17H19N3O2. The number of pyridine rings is 1. The minimum absolute atomic E-state index is 0.230. The second-order valence-electron chi connectivity index (χ2n) is 5.31. The number of carbonyl (C=O) groups excluding carboxylic acids is 1. The van der Waals surface area contributed by atoms with Gasteiger partial charge in [0.2, 0.25) is 0 Å². The first-order valence-electron chi connectivity index (χ1n) is 7.43. The predicted molar refractivity (Wildman–Crippen MR) is 84.4 cm³/mol. The average Bonchev–Trinajstić information content (AvgIpc) is 2.62. The minimum atomic E-state index is -1.08. The van der Waals surface area contributed by atoms with Crippen molar-refractivity contribution in [2.45, 2.75) is 6.10 Å². The first kappa shape index (κ1) is 14.5. The van der Waals surface area contributed by atoms with Gasteiger partial charge in [0, 0.05) is 32.4 Å². The Kier molecular flexibility index (Phi) is 4.34. The van der Waals surface area contributed by atoms with Gasteiger partial charge in [0.15, 0.2) is 6.10 Å². The molecule has 0 aliphatic carbocycles. The van der Waals surface area contributed by atoms with E-state index in [0.29, 0.717) is 18.7 Å². The number of hydrogen-bond acceptors (Lipinski definition) is 4. The molecule has 1 aliphatic heterocycles. The highest BCUT2D eigenvalue weighted by molar-refractivity contribution is 5.82. The van der Waals surface area contributed by atoms with Crippen LogP contribution in [0.3, 0.4) is 0 Å². The molecule has 1 unspecified atom stereocenters. The molecule has 1 saturated heterocycles. The van der Waals surface area contributed by atoms with Crippen LogP contribution in [0.2, 0.25) is 0 Å². The van der Waals surface area contributed by atoms with E-state index in [2.05, 4.69) is 9.88 Å². The molecule has 0 bridgehead atoms. The quantitative estimate of drug-likeness (QED) is 0.932. The Morgan fingerprint density at radius 3 is 2.32 bits per heavy atom. The summed E-state index contributed by atoms with van der Waals surface area (Å²) in [7, 11) is 0. The van der Waals surface area contributed by atoms with Gasteiger partial charge in [-0.3, -0.25) is 4.79 Å². The standard InChI is InChI=1S/C17H19N3O2/c21-16(14-6-2-1-3-7-14)17(22)20-12-10-19(11-13-20)15-8-4-5-9-18-15/h1-9,16,21H,10-13H2. The van der Waals surface area contributed by atoms with Gasteiger partial charge in [0.05, 0.1) is 0 Å². The van der Waals surface area contributed by atoms with Gasteiger partial charge in [-0.2, -0.15) is 0 Å². The zero-order valence-corrected chi connectivity index (χ0v) is 12.3. The number of benzene rings is 1. The first-order valence-corrected chi connectivity index (χ1v) is 7.43. The van der Waals surface area contributed by atoms with Crippen LogP contribution in [0, 0.1) is 0 Å². The number of anilines is 1. The monoisotopic (exact) mass is 297 g/mol. The summed E-state index contributed by atoms with van der Waals surface area (Å²) in [6, 6.07) is 14.9. The van der Waals surface area contributed by atoms with Crippen LogP contribution in [0.1, 0.15) is 11.7 Å². The Balaban J connectivity index is 1.60. The molecule has 114 valence electrons. The second kappa shape index (κ2) is 6.58. The number of amides is 1. The van der Waals surface area contributed by atoms with Gasteiger partial charge in [-0.25, -0.2) is 4.98 Å². The van der Waals surface area contributed by atoms with Crippen molar-refractivity contribution in [1.29, 1.82) is 0 Å². The van der Waals surface area contributed by atoms with Crippen molar-refractivity contribution < 1.29 is 9.90 Å². The highest BCUT2D eigenvalue weighted by Gasteiger charge is 2.27. The van der Waals surface area contributed by atoms with Crippen LogP contribution in [-0.2, 0) is 4.79 Å². The van der Waals surface area contributed by atoms with Crippen LogP contribution >= 0.6 is 0 Å². The number of aromatic nitrogens is 1. The van der Waals surface area contributed by atoms with E-state index in [9.17, 15) is 9.90 Å². The number of nitrogens with zero attached hydrogens (tertiary/aromatic N) is 3. The van der Waals surface area contributed by atoms with E-state index < -0.39 is 6.10 Å². The fourth-order valence-electron chi connectivity index (χ4n) is 2.65. The molecular weight excluding hydrogens is 278 g/mol. The maximum Gasteiger partial charge on any atom is 0.256 e. The third-order valence-electron chi connectivity index (χ3n) is 3.91. The fourth-order valence-corrected chi connectivity index (χ4v) is 2.65. The molecule has 22 heavy (non-hydrogen) atoms. The molecule has 0 radical (unpaired) electrons. The molecule has 2 aromatic rings. The molecule has 1 amide bonds. The Morgan fingerprint density at radius 1 is 1.00 bits per heavy atom. The maximum absolute atomic E-state index is 12.4. The summed E-state index contributed by atoms with van der Waals surface area (Å²) < 4.78 is 0. The van der Waals surface area contributed by atoms with Gasteiger partial charge in [-0.15, -0.1) is 0 Å². The van der Waals surface area contributed by atoms with Crippen molar-refractivity contribution in [3.05, 3.63) is 60.3 Å². The number of rotatable bonds is 3. The van der Waals surface area contributed by atoms with Crippen molar-refractivity contribution in [3.63, 3.8) is 0 Å². The van der Waals surface area contributed by atoms with Crippen LogP contribution in [0.5, 0.6) is 0 Å². The van der Waals surface area contributed by atoms with E-state index in [1.165, 1.54) is 0 Å². The van der Waals surface area contributed by atoms with Gasteiger partial charge in [0.1, 0.15) is 5.82 Å². The molecule has 1 aromatic carbocycles. The Labute approximate surface area is 129 Å². The summed E-state index contributed by atoms with van der Waals surface area (Å²) >= 11 is 0. The Bertz CT molecular complexity index is 610. The van der Waals surface area contributed by atoms with Gasteiger partial charge in [-0.05, 0) is 17.7 Å². The summed E-state index contributed by atoms with van der Waals surface area (Å²) in [4.78, 5) is 20.6. The average molecular weight is 297 g/mol. The number of aliphatic hydroxyl groups is 1. The van der Waals surface area contributed by atoms with Crippen LogP contribution in [0.15, 0.2) is 54.7 Å². The summed E-state index contributed by atoms with van der Waals surface area (Å²) in [6.07, 6.45) is 0.689. The van der Waals surface area contributed by atoms with Crippen LogP contribution < -0.4 is 4.90 Å². The number of hydrogen-bond donors (Lipinski definition) is 1. The molecule has 3 rings (SSSR count). The summed E-state index contributed by atoms with van der Waals surface area (Å²) in [5.74, 6) is 0.699. The summed E-state index contributed by atoms with van der Waals surface area (Å²) in [6.45, 7) is 2.65. The highest BCUT2D eigenvalue weighted by atomic mass is 16.3. The molecule has 1 aromatic heterocycles. The van der Waals surface area contributed by atoms with Gasteiger partial charge in [-0.1, -0.05) is 36.4 Å². The Hall–Kier alpha value is -2.40. The molecule has 1 atom stereocenters. The Morgan fingerprint density at radius 2 is 1.68 bits per heavy atom. The van der Waals surface area contributed by atoms with Crippen molar-refractivity contribution in [1.82, 2.24) is 9.88 Å². The van der Waals surface area contributed by atoms with E-state index in [1.54, 1.807) is 23.2 Å². The maximum atomic E-state index is 12.4. The smallest absolute Gasteiger partial charge is 0.256 e. The van der Waals surface area contributed by atoms with Crippen LogP contribution in [0.25, 0.3) is 0 Å². The zero-order chi connectivity index (χ0) is 15.4. The fraction of sp³-hybridized carbons (Fsp3) is 0.294. The molecule has 1 aliphatic rings. The van der Waals surface area contributed by atoms with Crippen molar-refractivity contribution >= 4 is 11.7 Å². The third kappa shape index (κ3) is 3.09. The topological polar surface area (TPSA) is 56.7 Å². The van der Waals surface area contributed by atoms with E-state index in [0.717, 1.165) is 18.9 Å². The number of piperazine rings is 1. The van der Waals surface area contributed by atoms with Gasteiger partial charge < -0.3 is 14.9 Å². The van der Waals surface area contributed by atoms with Crippen molar-refractivity contribution in [3.8, 4) is 0 Å². The van der Waals surface area contributed by atoms with E-state index >= 15 is 0 Å². The molecule has 5 nitrogen and oxygen atoms in total. The van der Waals surface area contributed by atoms with Gasteiger partial charge >= 0.3 is 0 Å². The second-order valence-corrected chi connectivity index (χ2v) is 5.31. The normalized spacial score (nSPS) is 16.4. The van der Waals surface area contributed by atoms with Crippen molar-refractivity contribution in [2.75, 3.05) is 31.1 Å². The molecule has 5 heteroatoms. The van der Waals surface area contributed by atoms with E-state index in [-0.39, 0.29) is 5.91 Å². The van der Waals surface area contributed by atoms with Crippen LogP contribution in [-0.4, -0.2) is 47.1 Å². The van der Waals surface area contributed by atoms with Crippen molar-refractivity contribution in [2.24, 2.45) is 0 Å². The summed E-state index contributed by atoms with van der Waals surface area (Å²) in [5, 5.41) is 10.2. The van der Waals surface area contributed by atoms with Crippen LogP contribution in [0.4, 0.5) is 5.82 Å². The van der Waals surface area contributed by atoms with E-state index in [1.807, 2.05) is 36.4 Å². The lowest BCUT2D eigenvalue weighted by molar-refractivity contribution is -0.140. The third-order valence-corrected chi connectivity index (χ3v) is 3.91. The molecule has 2 heterocycles. The predicted octanol–water partition coefficient (Wildman–Crippen LogP) is 1.46. The molecule has 0 saturated carbocycles.